The van der Waals surface area contributed by atoms with E-state index in [1.165, 1.54) is 7.11 Å². The van der Waals surface area contributed by atoms with E-state index in [0.29, 0.717) is 12.8 Å². The van der Waals surface area contributed by atoms with Gasteiger partial charge >= 0.3 is 5.97 Å². The molecule has 0 aromatic rings. The molecule has 3 atom stereocenters. The Hall–Kier alpha value is -0.610. The molecule has 64 valence electrons. The van der Waals surface area contributed by atoms with Crippen LogP contribution in [0.5, 0.6) is 0 Å². The van der Waals surface area contributed by atoms with Crippen LogP contribution >= 0.6 is 0 Å². The summed E-state index contributed by atoms with van der Waals surface area (Å²) in [4.78, 5) is 10.9. The fraction of sp³-hybridized carbons (Fsp3) is 0.857. The van der Waals surface area contributed by atoms with Crippen molar-refractivity contribution in [1.82, 2.24) is 0 Å². The Labute approximate surface area is 65.3 Å². The SMILES string of the molecule is COC(=O)[C@@H]1C[C@@H](N)[C@H](O)C1. The number of hydrogen-bond donors (Lipinski definition) is 2. The molecule has 1 aliphatic carbocycles. The molecule has 4 nitrogen and oxygen atoms in total. The molecule has 0 saturated heterocycles. The Bertz CT molecular complexity index is 150. The predicted molar refractivity (Wildman–Crippen MR) is 38.7 cm³/mol. The van der Waals surface area contributed by atoms with E-state index in [9.17, 15) is 9.90 Å². The van der Waals surface area contributed by atoms with Crippen LogP contribution in [0.25, 0.3) is 0 Å². The molecular weight excluding hydrogens is 146 g/mol. The summed E-state index contributed by atoms with van der Waals surface area (Å²) in [5.41, 5.74) is 5.50. The van der Waals surface area contributed by atoms with Gasteiger partial charge in [0.15, 0.2) is 0 Å². The lowest BCUT2D eigenvalue weighted by atomic mass is 10.1. The van der Waals surface area contributed by atoms with Gasteiger partial charge in [0.05, 0.1) is 19.1 Å². The Kier molecular flexibility index (Phi) is 2.46. The third-order valence-corrected chi connectivity index (χ3v) is 2.11. The highest BCUT2D eigenvalue weighted by molar-refractivity contribution is 5.72. The average Bonchev–Trinajstić information content (AvgIpc) is 2.31. The van der Waals surface area contributed by atoms with E-state index >= 15 is 0 Å². The molecule has 1 rings (SSSR count). The second-order valence-electron chi connectivity index (χ2n) is 2.92. The largest absolute Gasteiger partial charge is 0.469 e. The number of aliphatic hydroxyl groups excluding tert-OH is 1. The summed E-state index contributed by atoms with van der Waals surface area (Å²) in [6.07, 6.45) is 0.431. The van der Waals surface area contributed by atoms with E-state index in [1.807, 2.05) is 0 Å². The quantitative estimate of drug-likeness (QED) is 0.494. The minimum atomic E-state index is -0.543. The van der Waals surface area contributed by atoms with E-state index in [2.05, 4.69) is 4.74 Å². The number of hydrogen-bond acceptors (Lipinski definition) is 4. The third-order valence-electron chi connectivity index (χ3n) is 2.11. The van der Waals surface area contributed by atoms with Gasteiger partial charge in [0.2, 0.25) is 0 Å². The lowest BCUT2D eigenvalue weighted by Gasteiger charge is -2.04. The molecule has 0 aromatic heterocycles. The normalized spacial score (nSPS) is 37.2. The monoisotopic (exact) mass is 159 g/mol. The number of carbonyl (C=O) groups excluding carboxylic acids is 1. The molecule has 4 heteroatoms. The second kappa shape index (κ2) is 3.19. The van der Waals surface area contributed by atoms with Crippen LogP contribution in [0.15, 0.2) is 0 Å². The average molecular weight is 159 g/mol. The summed E-state index contributed by atoms with van der Waals surface area (Å²) in [6.45, 7) is 0. The van der Waals surface area contributed by atoms with Crippen LogP contribution in [0.1, 0.15) is 12.8 Å². The van der Waals surface area contributed by atoms with Crippen molar-refractivity contribution in [2.24, 2.45) is 11.7 Å². The van der Waals surface area contributed by atoms with Crippen LogP contribution in [0, 0.1) is 5.92 Å². The molecule has 1 aliphatic rings. The van der Waals surface area contributed by atoms with Crippen LogP contribution in [-0.2, 0) is 9.53 Å². The summed E-state index contributed by atoms with van der Waals surface area (Å²) < 4.78 is 4.53. The highest BCUT2D eigenvalue weighted by atomic mass is 16.5. The van der Waals surface area contributed by atoms with Gasteiger partial charge in [0.25, 0.3) is 0 Å². The zero-order valence-electron chi connectivity index (χ0n) is 6.49. The lowest BCUT2D eigenvalue weighted by Crippen LogP contribution is -2.28. The summed E-state index contributed by atoms with van der Waals surface area (Å²) >= 11 is 0. The van der Waals surface area contributed by atoms with E-state index in [0.717, 1.165) is 0 Å². The summed E-state index contributed by atoms with van der Waals surface area (Å²) in [6, 6.07) is -0.265. The fourth-order valence-corrected chi connectivity index (χ4v) is 1.41. The minimum absolute atomic E-state index is 0.204. The van der Waals surface area contributed by atoms with Gasteiger partial charge in [-0.25, -0.2) is 0 Å². The van der Waals surface area contributed by atoms with Crippen molar-refractivity contribution >= 4 is 5.97 Å². The third kappa shape index (κ3) is 1.70. The number of carbonyl (C=O) groups is 1. The molecule has 0 bridgehead atoms. The minimum Gasteiger partial charge on any atom is -0.469 e. The number of ether oxygens (including phenoxy) is 1. The van der Waals surface area contributed by atoms with Gasteiger partial charge in [-0.2, -0.15) is 0 Å². The molecule has 0 heterocycles. The van der Waals surface area contributed by atoms with Crippen molar-refractivity contribution in [3.8, 4) is 0 Å². The van der Waals surface area contributed by atoms with Crippen LogP contribution in [0.4, 0.5) is 0 Å². The van der Waals surface area contributed by atoms with E-state index in [4.69, 9.17) is 5.73 Å². The van der Waals surface area contributed by atoms with Crippen molar-refractivity contribution in [1.29, 1.82) is 0 Å². The molecule has 11 heavy (non-hydrogen) atoms. The Balaban J connectivity index is 2.46. The van der Waals surface area contributed by atoms with E-state index in [-0.39, 0.29) is 17.9 Å². The predicted octanol–water partition coefficient (Wildman–Crippen LogP) is -0.742. The Morgan fingerprint density at radius 2 is 2.27 bits per heavy atom. The van der Waals surface area contributed by atoms with Gasteiger partial charge < -0.3 is 15.6 Å². The highest BCUT2D eigenvalue weighted by Gasteiger charge is 2.35. The molecule has 0 radical (unpaired) electrons. The van der Waals surface area contributed by atoms with Gasteiger partial charge in [-0.15, -0.1) is 0 Å². The standard InChI is InChI=1S/C7H13NO3/c1-11-7(10)4-2-5(8)6(9)3-4/h4-6,9H,2-3,8H2,1H3/t4-,5-,6-/m1/s1. The number of rotatable bonds is 1. The van der Waals surface area contributed by atoms with Gasteiger partial charge in [-0.3, -0.25) is 4.79 Å². The van der Waals surface area contributed by atoms with Crippen LogP contribution in [-0.4, -0.2) is 30.3 Å². The number of aliphatic hydroxyl groups is 1. The van der Waals surface area contributed by atoms with Crippen molar-refractivity contribution in [3.05, 3.63) is 0 Å². The number of esters is 1. The lowest BCUT2D eigenvalue weighted by molar-refractivity contribution is -0.145. The van der Waals surface area contributed by atoms with Crippen molar-refractivity contribution in [2.75, 3.05) is 7.11 Å². The van der Waals surface area contributed by atoms with Crippen LogP contribution in [0.3, 0.4) is 0 Å². The van der Waals surface area contributed by atoms with Crippen LogP contribution < -0.4 is 5.73 Å². The molecule has 0 aromatic carbocycles. The highest BCUT2D eigenvalue weighted by Crippen LogP contribution is 2.25. The second-order valence-corrected chi connectivity index (χ2v) is 2.92. The van der Waals surface area contributed by atoms with E-state index < -0.39 is 6.10 Å². The first-order valence-electron chi connectivity index (χ1n) is 3.66. The molecule has 3 N–H and O–H groups in total. The maximum atomic E-state index is 10.9. The first-order valence-corrected chi connectivity index (χ1v) is 3.66. The number of nitrogens with two attached hydrogens (primary N) is 1. The molecule has 0 unspecified atom stereocenters. The van der Waals surface area contributed by atoms with Gasteiger partial charge in [0, 0.05) is 6.04 Å². The molecule has 0 amide bonds. The molecule has 1 fully saturated rings. The van der Waals surface area contributed by atoms with Gasteiger partial charge in [-0.05, 0) is 12.8 Å². The maximum absolute atomic E-state index is 10.9. The summed E-state index contributed by atoms with van der Waals surface area (Å²) in [5, 5.41) is 9.18. The first-order chi connectivity index (χ1) is 5.15. The number of methoxy groups -OCH3 is 1. The molecule has 1 saturated carbocycles. The van der Waals surface area contributed by atoms with Crippen molar-refractivity contribution in [2.45, 2.75) is 25.0 Å². The Morgan fingerprint density at radius 3 is 2.64 bits per heavy atom. The van der Waals surface area contributed by atoms with Crippen molar-refractivity contribution < 1.29 is 14.6 Å². The molecule has 0 spiro atoms. The van der Waals surface area contributed by atoms with Crippen LogP contribution in [0.2, 0.25) is 0 Å². The van der Waals surface area contributed by atoms with Crippen molar-refractivity contribution in [3.63, 3.8) is 0 Å². The zero-order valence-corrected chi connectivity index (χ0v) is 6.49. The first kappa shape index (κ1) is 8.49. The molecule has 0 aliphatic heterocycles. The Morgan fingerprint density at radius 1 is 1.64 bits per heavy atom. The fourth-order valence-electron chi connectivity index (χ4n) is 1.41. The van der Waals surface area contributed by atoms with E-state index in [1.54, 1.807) is 0 Å². The summed E-state index contributed by atoms with van der Waals surface area (Å²) in [7, 11) is 1.35. The van der Waals surface area contributed by atoms with Gasteiger partial charge in [0.1, 0.15) is 0 Å². The van der Waals surface area contributed by atoms with Gasteiger partial charge in [-0.1, -0.05) is 0 Å². The zero-order chi connectivity index (χ0) is 8.43. The summed E-state index contributed by atoms with van der Waals surface area (Å²) in [5.74, 6) is -0.470. The maximum Gasteiger partial charge on any atom is 0.308 e. The smallest absolute Gasteiger partial charge is 0.308 e. The molecular formula is C7H13NO3. The topological polar surface area (TPSA) is 72.5 Å².